The van der Waals surface area contributed by atoms with E-state index < -0.39 is 0 Å². The number of ether oxygens (including phenoxy) is 1. The van der Waals surface area contributed by atoms with Crippen LogP contribution in [0, 0.1) is 0 Å². The Balaban J connectivity index is 2.36. The molecule has 1 aromatic heterocycles. The molecule has 0 fully saturated rings. The summed E-state index contributed by atoms with van der Waals surface area (Å²) in [5.41, 5.74) is 6.86. The topological polar surface area (TPSA) is 73.1 Å². The van der Waals surface area contributed by atoms with E-state index in [0.29, 0.717) is 11.5 Å². The SMILES string of the molecule is COc1cc(Br)cc(Nc2nccnc2C(N)=S)c1. The van der Waals surface area contributed by atoms with E-state index in [4.69, 9.17) is 22.7 Å². The third-order valence-electron chi connectivity index (χ3n) is 2.30. The Labute approximate surface area is 124 Å². The van der Waals surface area contributed by atoms with Crippen LogP contribution < -0.4 is 15.8 Å². The van der Waals surface area contributed by atoms with Gasteiger partial charge in [-0.1, -0.05) is 28.1 Å². The van der Waals surface area contributed by atoms with Gasteiger partial charge in [0.15, 0.2) is 5.82 Å². The summed E-state index contributed by atoms with van der Waals surface area (Å²) < 4.78 is 6.08. The zero-order valence-corrected chi connectivity index (χ0v) is 12.5. The van der Waals surface area contributed by atoms with Crippen molar-refractivity contribution < 1.29 is 4.74 Å². The number of rotatable bonds is 4. The van der Waals surface area contributed by atoms with Gasteiger partial charge in [-0.05, 0) is 12.1 Å². The van der Waals surface area contributed by atoms with Gasteiger partial charge in [-0.3, -0.25) is 0 Å². The van der Waals surface area contributed by atoms with Crippen LogP contribution in [0.25, 0.3) is 0 Å². The summed E-state index contributed by atoms with van der Waals surface area (Å²) in [6, 6.07) is 5.58. The van der Waals surface area contributed by atoms with E-state index >= 15 is 0 Å². The van der Waals surface area contributed by atoms with Gasteiger partial charge < -0.3 is 15.8 Å². The van der Waals surface area contributed by atoms with Crippen LogP contribution in [0.4, 0.5) is 11.5 Å². The highest BCUT2D eigenvalue weighted by molar-refractivity contribution is 9.10. The second-order valence-electron chi connectivity index (χ2n) is 3.62. The lowest BCUT2D eigenvalue weighted by atomic mass is 10.3. The van der Waals surface area contributed by atoms with Crippen molar-refractivity contribution in [2.75, 3.05) is 12.4 Å². The molecule has 0 aliphatic carbocycles. The number of nitrogens with zero attached hydrogens (tertiary/aromatic N) is 2. The minimum Gasteiger partial charge on any atom is -0.497 e. The van der Waals surface area contributed by atoms with E-state index in [9.17, 15) is 0 Å². The molecule has 0 radical (unpaired) electrons. The molecule has 3 N–H and O–H groups in total. The molecule has 0 saturated heterocycles. The first-order chi connectivity index (χ1) is 9.10. The first-order valence-corrected chi connectivity index (χ1v) is 6.52. The summed E-state index contributed by atoms with van der Waals surface area (Å²) in [6.07, 6.45) is 3.11. The first-order valence-electron chi connectivity index (χ1n) is 5.32. The minimum absolute atomic E-state index is 0.192. The predicted molar refractivity (Wildman–Crippen MR) is 81.9 cm³/mol. The van der Waals surface area contributed by atoms with Crippen LogP contribution in [0.15, 0.2) is 35.1 Å². The molecule has 0 aliphatic heterocycles. The molecule has 7 heteroatoms. The van der Waals surface area contributed by atoms with Crippen molar-refractivity contribution >= 4 is 44.6 Å². The monoisotopic (exact) mass is 338 g/mol. The molecule has 0 saturated carbocycles. The van der Waals surface area contributed by atoms with E-state index in [2.05, 4.69) is 31.2 Å². The molecule has 5 nitrogen and oxygen atoms in total. The standard InChI is InChI=1S/C12H11BrN4OS/c1-18-9-5-7(13)4-8(6-9)17-12-10(11(14)19)15-2-3-16-12/h2-6H,1H3,(H2,14,19)(H,16,17). The zero-order valence-electron chi connectivity index (χ0n) is 10.1. The molecule has 2 rings (SSSR count). The lowest BCUT2D eigenvalue weighted by molar-refractivity contribution is 0.415. The molecule has 1 heterocycles. The number of benzene rings is 1. The number of nitrogens with one attached hydrogen (secondary N) is 1. The van der Waals surface area contributed by atoms with Gasteiger partial charge in [0.05, 0.1) is 7.11 Å². The van der Waals surface area contributed by atoms with Gasteiger partial charge in [-0.2, -0.15) is 0 Å². The van der Waals surface area contributed by atoms with Crippen molar-refractivity contribution in [1.29, 1.82) is 0 Å². The van der Waals surface area contributed by atoms with E-state index in [1.807, 2.05) is 18.2 Å². The van der Waals surface area contributed by atoms with Crippen LogP contribution >= 0.6 is 28.1 Å². The van der Waals surface area contributed by atoms with E-state index in [-0.39, 0.29) is 4.99 Å². The number of methoxy groups -OCH3 is 1. The number of hydrogen-bond acceptors (Lipinski definition) is 5. The van der Waals surface area contributed by atoms with E-state index in [1.54, 1.807) is 19.5 Å². The van der Waals surface area contributed by atoms with Crippen LogP contribution in [0.2, 0.25) is 0 Å². The number of nitrogens with two attached hydrogens (primary N) is 1. The molecule has 0 aliphatic rings. The molecule has 0 bridgehead atoms. The van der Waals surface area contributed by atoms with Gasteiger partial charge >= 0.3 is 0 Å². The molecule has 0 atom stereocenters. The third kappa shape index (κ3) is 3.39. The van der Waals surface area contributed by atoms with Gasteiger partial charge in [0.25, 0.3) is 0 Å². The molecular formula is C12H11BrN4OS. The molecule has 98 valence electrons. The Morgan fingerprint density at radius 1 is 1.32 bits per heavy atom. The fourth-order valence-electron chi connectivity index (χ4n) is 1.50. The third-order valence-corrected chi connectivity index (χ3v) is 2.95. The number of hydrogen-bond donors (Lipinski definition) is 2. The Hall–Kier alpha value is -1.73. The zero-order chi connectivity index (χ0) is 13.8. The van der Waals surface area contributed by atoms with Gasteiger partial charge in [0, 0.05) is 28.6 Å². The average Bonchev–Trinajstić information content (AvgIpc) is 2.38. The van der Waals surface area contributed by atoms with Crippen LogP contribution in [-0.2, 0) is 0 Å². The Morgan fingerprint density at radius 3 is 2.74 bits per heavy atom. The summed E-state index contributed by atoms with van der Waals surface area (Å²) in [5, 5.41) is 3.12. The Morgan fingerprint density at radius 2 is 2.05 bits per heavy atom. The van der Waals surface area contributed by atoms with Gasteiger partial charge in [-0.25, -0.2) is 9.97 Å². The van der Waals surface area contributed by atoms with Crippen molar-refractivity contribution in [2.45, 2.75) is 0 Å². The lowest BCUT2D eigenvalue weighted by Gasteiger charge is -2.10. The fourth-order valence-corrected chi connectivity index (χ4v) is 2.12. The highest BCUT2D eigenvalue weighted by atomic mass is 79.9. The highest BCUT2D eigenvalue weighted by Crippen LogP contribution is 2.26. The molecule has 0 unspecified atom stereocenters. The smallest absolute Gasteiger partial charge is 0.159 e. The molecule has 0 amide bonds. The summed E-state index contributed by atoms with van der Waals surface area (Å²) >= 11 is 8.35. The minimum atomic E-state index is 0.192. The molecule has 0 spiro atoms. The second-order valence-corrected chi connectivity index (χ2v) is 4.98. The van der Waals surface area contributed by atoms with Crippen molar-refractivity contribution in [1.82, 2.24) is 9.97 Å². The molecule has 19 heavy (non-hydrogen) atoms. The number of halogens is 1. The maximum absolute atomic E-state index is 5.61. The van der Waals surface area contributed by atoms with Crippen molar-refractivity contribution in [3.63, 3.8) is 0 Å². The van der Waals surface area contributed by atoms with Gasteiger partial charge in [-0.15, -0.1) is 0 Å². The largest absolute Gasteiger partial charge is 0.497 e. The van der Waals surface area contributed by atoms with Gasteiger partial charge in [0.1, 0.15) is 16.4 Å². The van der Waals surface area contributed by atoms with E-state index in [0.717, 1.165) is 15.9 Å². The number of anilines is 2. The molecule has 1 aromatic carbocycles. The Kier molecular flexibility index (Phi) is 4.28. The quantitative estimate of drug-likeness (QED) is 0.835. The van der Waals surface area contributed by atoms with Crippen molar-refractivity contribution in [3.05, 3.63) is 40.8 Å². The summed E-state index contributed by atoms with van der Waals surface area (Å²) in [7, 11) is 1.61. The summed E-state index contributed by atoms with van der Waals surface area (Å²) in [4.78, 5) is 8.48. The molecule has 2 aromatic rings. The molecular weight excluding hydrogens is 328 g/mol. The van der Waals surface area contributed by atoms with E-state index in [1.165, 1.54) is 0 Å². The number of aromatic nitrogens is 2. The van der Waals surface area contributed by atoms with Gasteiger partial charge in [0.2, 0.25) is 0 Å². The van der Waals surface area contributed by atoms with Crippen LogP contribution in [0.1, 0.15) is 5.69 Å². The number of thiocarbonyl (C=S) groups is 1. The predicted octanol–water partition coefficient (Wildman–Crippen LogP) is 2.63. The lowest BCUT2D eigenvalue weighted by Crippen LogP contribution is -2.14. The van der Waals surface area contributed by atoms with Crippen LogP contribution in [0.5, 0.6) is 5.75 Å². The average molecular weight is 339 g/mol. The maximum atomic E-state index is 5.61. The second kappa shape index (κ2) is 5.94. The maximum Gasteiger partial charge on any atom is 0.159 e. The Bertz CT molecular complexity index is 620. The summed E-state index contributed by atoms with van der Waals surface area (Å²) in [5.74, 6) is 1.23. The first kappa shape index (κ1) is 13.7. The fraction of sp³-hybridized carbons (Fsp3) is 0.0833. The normalized spacial score (nSPS) is 10.0. The van der Waals surface area contributed by atoms with Crippen molar-refractivity contribution in [2.24, 2.45) is 5.73 Å². The van der Waals surface area contributed by atoms with Crippen molar-refractivity contribution in [3.8, 4) is 5.75 Å². The summed E-state index contributed by atoms with van der Waals surface area (Å²) in [6.45, 7) is 0. The van der Waals surface area contributed by atoms with Crippen LogP contribution in [0.3, 0.4) is 0 Å². The highest BCUT2D eigenvalue weighted by Gasteiger charge is 2.09. The van der Waals surface area contributed by atoms with Crippen LogP contribution in [-0.4, -0.2) is 22.1 Å².